The van der Waals surface area contributed by atoms with Crippen molar-refractivity contribution in [3.8, 4) is 5.75 Å². The Kier molecular flexibility index (Phi) is 5.03. The van der Waals surface area contributed by atoms with E-state index < -0.39 is 12.0 Å². The van der Waals surface area contributed by atoms with Gasteiger partial charge in [-0.05, 0) is 44.9 Å². The molecule has 0 radical (unpaired) electrons. The van der Waals surface area contributed by atoms with Gasteiger partial charge < -0.3 is 14.7 Å². The zero-order chi connectivity index (χ0) is 17.2. The number of unbranched alkanes of at least 4 members (excludes halogenated alkanes) is 1. The minimum absolute atomic E-state index is 0.361. The van der Waals surface area contributed by atoms with E-state index in [0.717, 1.165) is 29.8 Å². The van der Waals surface area contributed by atoms with Crippen LogP contribution in [0.15, 0.2) is 24.3 Å². The van der Waals surface area contributed by atoms with Crippen molar-refractivity contribution in [2.24, 2.45) is 0 Å². The lowest BCUT2D eigenvalue weighted by Crippen LogP contribution is -2.54. The SMILES string of the molecule is CCCCC(C(=O)O)N1c2cc(OC)ccc2C(C)=CC1(C)C. The van der Waals surface area contributed by atoms with Gasteiger partial charge in [0.25, 0.3) is 0 Å². The van der Waals surface area contributed by atoms with E-state index in [4.69, 9.17) is 4.74 Å². The van der Waals surface area contributed by atoms with Crippen LogP contribution >= 0.6 is 0 Å². The maximum atomic E-state index is 11.9. The number of carboxylic acids is 1. The average molecular weight is 317 g/mol. The van der Waals surface area contributed by atoms with Crippen LogP contribution in [-0.2, 0) is 4.79 Å². The average Bonchev–Trinajstić information content (AvgIpc) is 2.48. The highest BCUT2D eigenvalue weighted by Crippen LogP contribution is 2.42. The number of ether oxygens (including phenoxy) is 1. The Morgan fingerprint density at radius 2 is 2.09 bits per heavy atom. The van der Waals surface area contributed by atoms with Crippen LogP contribution in [0.1, 0.15) is 52.5 Å². The van der Waals surface area contributed by atoms with Crippen molar-refractivity contribution >= 4 is 17.2 Å². The molecule has 0 saturated heterocycles. The Morgan fingerprint density at radius 1 is 1.39 bits per heavy atom. The molecule has 126 valence electrons. The van der Waals surface area contributed by atoms with E-state index >= 15 is 0 Å². The van der Waals surface area contributed by atoms with E-state index in [1.807, 2.05) is 23.1 Å². The highest BCUT2D eigenvalue weighted by molar-refractivity contribution is 5.87. The number of benzene rings is 1. The lowest BCUT2D eigenvalue weighted by atomic mass is 9.86. The summed E-state index contributed by atoms with van der Waals surface area (Å²) in [5.41, 5.74) is 2.83. The summed E-state index contributed by atoms with van der Waals surface area (Å²) in [6.45, 7) is 8.30. The summed E-state index contributed by atoms with van der Waals surface area (Å²) in [5.74, 6) is -0.0212. The van der Waals surface area contributed by atoms with Gasteiger partial charge >= 0.3 is 5.97 Å². The quantitative estimate of drug-likeness (QED) is 0.848. The summed E-state index contributed by atoms with van der Waals surface area (Å²) in [6, 6.07) is 5.35. The molecule has 0 aromatic heterocycles. The number of carbonyl (C=O) groups is 1. The number of hydrogen-bond donors (Lipinski definition) is 1. The summed E-state index contributed by atoms with van der Waals surface area (Å²) in [7, 11) is 1.63. The number of hydrogen-bond acceptors (Lipinski definition) is 3. The fourth-order valence-corrected chi connectivity index (χ4v) is 3.49. The Hall–Kier alpha value is -1.97. The van der Waals surface area contributed by atoms with Crippen molar-refractivity contribution in [2.45, 2.75) is 58.5 Å². The van der Waals surface area contributed by atoms with Gasteiger partial charge in [0.15, 0.2) is 0 Å². The van der Waals surface area contributed by atoms with Gasteiger partial charge in [0.05, 0.1) is 12.6 Å². The van der Waals surface area contributed by atoms with E-state index in [2.05, 4.69) is 33.8 Å². The van der Waals surface area contributed by atoms with Crippen LogP contribution in [0.5, 0.6) is 5.75 Å². The molecular weight excluding hydrogens is 290 g/mol. The monoisotopic (exact) mass is 317 g/mol. The molecule has 0 amide bonds. The third-order valence-electron chi connectivity index (χ3n) is 4.51. The van der Waals surface area contributed by atoms with Crippen LogP contribution in [0.25, 0.3) is 5.57 Å². The molecule has 1 aromatic rings. The van der Waals surface area contributed by atoms with Gasteiger partial charge in [0.2, 0.25) is 0 Å². The zero-order valence-corrected chi connectivity index (χ0v) is 14.7. The van der Waals surface area contributed by atoms with Gasteiger partial charge in [0, 0.05) is 17.3 Å². The normalized spacial score (nSPS) is 17.3. The van der Waals surface area contributed by atoms with Crippen LogP contribution in [0.2, 0.25) is 0 Å². The predicted octanol–water partition coefficient (Wildman–Crippen LogP) is 4.34. The first-order chi connectivity index (χ1) is 10.8. The lowest BCUT2D eigenvalue weighted by molar-refractivity contribution is -0.139. The van der Waals surface area contributed by atoms with Crippen molar-refractivity contribution in [2.75, 3.05) is 12.0 Å². The second-order valence-corrected chi connectivity index (χ2v) is 6.73. The number of fused-ring (bicyclic) bond motifs is 1. The van der Waals surface area contributed by atoms with Gasteiger partial charge in [-0.1, -0.05) is 25.8 Å². The fourth-order valence-electron chi connectivity index (χ4n) is 3.49. The van der Waals surface area contributed by atoms with E-state index in [9.17, 15) is 9.90 Å². The molecule has 1 N–H and O–H groups in total. The van der Waals surface area contributed by atoms with Crippen molar-refractivity contribution < 1.29 is 14.6 Å². The van der Waals surface area contributed by atoms with Crippen molar-refractivity contribution in [3.05, 3.63) is 29.8 Å². The third-order valence-corrected chi connectivity index (χ3v) is 4.51. The van der Waals surface area contributed by atoms with E-state index in [0.29, 0.717) is 6.42 Å². The number of anilines is 1. The second-order valence-electron chi connectivity index (χ2n) is 6.73. The predicted molar refractivity (Wildman–Crippen MR) is 94.2 cm³/mol. The van der Waals surface area contributed by atoms with Crippen LogP contribution in [0.4, 0.5) is 5.69 Å². The molecule has 0 saturated carbocycles. The second kappa shape index (κ2) is 6.65. The number of methoxy groups -OCH3 is 1. The van der Waals surface area contributed by atoms with Crippen LogP contribution in [-0.4, -0.2) is 29.8 Å². The summed E-state index contributed by atoms with van der Waals surface area (Å²) < 4.78 is 5.36. The standard InChI is InChI=1S/C19H27NO3/c1-6-7-8-16(18(21)22)20-17-11-14(23-5)9-10-15(17)13(2)12-19(20,3)4/h9-12,16H,6-8H2,1-5H3,(H,21,22). The Bertz CT molecular complexity index is 619. The molecule has 0 aliphatic carbocycles. The molecular formula is C19H27NO3. The molecule has 2 rings (SSSR count). The van der Waals surface area contributed by atoms with Crippen molar-refractivity contribution in [1.82, 2.24) is 0 Å². The van der Waals surface area contributed by atoms with E-state index in [-0.39, 0.29) is 5.54 Å². The molecule has 0 bridgehead atoms. The highest BCUT2D eigenvalue weighted by Gasteiger charge is 2.39. The molecule has 0 fully saturated rings. The highest BCUT2D eigenvalue weighted by atomic mass is 16.5. The van der Waals surface area contributed by atoms with Crippen molar-refractivity contribution in [1.29, 1.82) is 0 Å². The zero-order valence-electron chi connectivity index (χ0n) is 14.7. The van der Waals surface area contributed by atoms with Crippen molar-refractivity contribution in [3.63, 3.8) is 0 Å². The number of rotatable bonds is 6. The Balaban J connectivity index is 2.58. The van der Waals surface area contributed by atoms with Gasteiger partial charge in [-0.25, -0.2) is 4.79 Å². The molecule has 4 heteroatoms. The summed E-state index contributed by atoms with van der Waals surface area (Å²) in [5, 5.41) is 9.81. The molecule has 23 heavy (non-hydrogen) atoms. The van der Waals surface area contributed by atoms with Gasteiger partial charge in [-0.2, -0.15) is 0 Å². The molecule has 0 spiro atoms. The Morgan fingerprint density at radius 3 is 2.65 bits per heavy atom. The fraction of sp³-hybridized carbons (Fsp3) is 0.526. The summed E-state index contributed by atoms with van der Waals surface area (Å²) >= 11 is 0. The maximum absolute atomic E-state index is 11.9. The van der Waals surface area contributed by atoms with Gasteiger partial charge in [-0.15, -0.1) is 0 Å². The smallest absolute Gasteiger partial charge is 0.326 e. The lowest BCUT2D eigenvalue weighted by Gasteiger charge is -2.46. The molecule has 1 aliphatic heterocycles. The molecule has 1 heterocycles. The Labute approximate surface area is 138 Å². The molecule has 1 unspecified atom stereocenters. The molecule has 1 atom stereocenters. The minimum Gasteiger partial charge on any atom is -0.497 e. The summed E-state index contributed by atoms with van der Waals surface area (Å²) in [4.78, 5) is 14.0. The first-order valence-corrected chi connectivity index (χ1v) is 8.21. The van der Waals surface area contributed by atoms with Crippen LogP contribution < -0.4 is 9.64 Å². The largest absolute Gasteiger partial charge is 0.497 e. The first kappa shape index (κ1) is 17.4. The van der Waals surface area contributed by atoms with E-state index in [1.165, 1.54) is 5.57 Å². The van der Waals surface area contributed by atoms with Crippen LogP contribution in [0, 0.1) is 0 Å². The molecule has 1 aromatic carbocycles. The third kappa shape index (κ3) is 3.36. The van der Waals surface area contributed by atoms with E-state index in [1.54, 1.807) is 7.11 Å². The maximum Gasteiger partial charge on any atom is 0.326 e. The number of nitrogens with zero attached hydrogens (tertiary/aromatic N) is 1. The van der Waals surface area contributed by atoms with Gasteiger partial charge in [-0.3, -0.25) is 0 Å². The molecule has 1 aliphatic rings. The molecule has 4 nitrogen and oxygen atoms in total. The van der Waals surface area contributed by atoms with Crippen LogP contribution in [0.3, 0.4) is 0 Å². The number of aliphatic carboxylic acids is 1. The number of allylic oxidation sites excluding steroid dienone is 1. The first-order valence-electron chi connectivity index (χ1n) is 8.21. The summed E-state index contributed by atoms with van der Waals surface area (Å²) in [6.07, 6.45) is 4.67. The number of carboxylic acid groups (broad SMARTS) is 1. The minimum atomic E-state index is -0.770. The topological polar surface area (TPSA) is 49.8 Å². The van der Waals surface area contributed by atoms with Gasteiger partial charge in [0.1, 0.15) is 11.8 Å².